The lowest BCUT2D eigenvalue weighted by Crippen LogP contribution is -2.29. The van der Waals surface area contributed by atoms with Crippen LogP contribution in [0.3, 0.4) is 0 Å². The fourth-order valence-electron chi connectivity index (χ4n) is 2.21. The predicted molar refractivity (Wildman–Crippen MR) is 69.9 cm³/mol. The smallest absolute Gasteiger partial charge is 0.166 e. The van der Waals surface area contributed by atoms with Crippen LogP contribution in [0.15, 0.2) is 12.3 Å². The second-order valence-corrected chi connectivity index (χ2v) is 5.41. The minimum atomic E-state index is 0.421. The summed E-state index contributed by atoms with van der Waals surface area (Å²) in [6.45, 7) is 0. The summed E-state index contributed by atoms with van der Waals surface area (Å²) >= 11 is 1.93. The van der Waals surface area contributed by atoms with Crippen LogP contribution in [0.4, 0.5) is 5.82 Å². The molecule has 0 radical (unpaired) electrons. The van der Waals surface area contributed by atoms with Gasteiger partial charge in [0, 0.05) is 11.3 Å². The molecule has 0 aliphatic heterocycles. The third-order valence-corrected chi connectivity index (χ3v) is 4.24. The Bertz CT molecular complexity index is 415. The minimum Gasteiger partial charge on any atom is -0.365 e. The monoisotopic (exact) mass is 248 g/mol. The quantitative estimate of drug-likeness (QED) is 0.890. The van der Waals surface area contributed by atoms with E-state index >= 15 is 0 Å². The van der Waals surface area contributed by atoms with Gasteiger partial charge in [-0.1, -0.05) is 6.42 Å². The van der Waals surface area contributed by atoms with Crippen molar-refractivity contribution in [2.75, 3.05) is 11.6 Å². The molecule has 1 aromatic heterocycles. The Kier molecular flexibility index (Phi) is 4.21. The number of anilines is 1. The second-order valence-electron chi connectivity index (χ2n) is 4.27. The Morgan fingerprint density at radius 1 is 1.53 bits per heavy atom. The Morgan fingerprint density at radius 2 is 2.41 bits per heavy atom. The molecule has 1 fully saturated rings. The summed E-state index contributed by atoms with van der Waals surface area (Å²) in [4.78, 5) is 0. The van der Waals surface area contributed by atoms with E-state index in [9.17, 15) is 0 Å². The molecule has 0 saturated heterocycles. The molecule has 1 aliphatic rings. The molecule has 5 heteroatoms. The topological polar surface area (TPSA) is 61.6 Å². The van der Waals surface area contributed by atoms with Gasteiger partial charge in [-0.15, -0.1) is 5.10 Å². The third-order valence-electron chi connectivity index (χ3n) is 3.14. The van der Waals surface area contributed by atoms with Crippen molar-refractivity contribution in [3.05, 3.63) is 17.8 Å². The largest absolute Gasteiger partial charge is 0.365 e. The van der Waals surface area contributed by atoms with Crippen LogP contribution >= 0.6 is 11.8 Å². The second kappa shape index (κ2) is 5.87. The van der Waals surface area contributed by atoms with Crippen LogP contribution in [0.5, 0.6) is 0 Å². The zero-order chi connectivity index (χ0) is 12.1. The van der Waals surface area contributed by atoms with Gasteiger partial charge in [0.1, 0.15) is 6.07 Å². The first-order chi connectivity index (χ1) is 8.33. The SMILES string of the molecule is CSC1CCCC(Nc2nnccc2C#N)C1. The lowest BCUT2D eigenvalue weighted by Gasteiger charge is -2.29. The summed E-state index contributed by atoms with van der Waals surface area (Å²) < 4.78 is 0. The highest BCUT2D eigenvalue weighted by molar-refractivity contribution is 7.99. The number of nitrogens with zero attached hydrogens (tertiary/aromatic N) is 3. The fourth-order valence-corrected chi connectivity index (χ4v) is 3.04. The van der Waals surface area contributed by atoms with Crippen molar-refractivity contribution in [2.45, 2.75) is 37.0 Å². The summed E-state index contributed by atoms with van der Waals surface area (Å²) in [5.74, 6) is 0.627. The highest BCUT2D eigenvalue weighted by Gasteiger charge is 2.22. The van der Waals surface area contributed by atoms with Crippen LogP contribution in [-0.4, -0.2) is 27.7 Å². The van der Waals surface area contributed by atoms with E-state index in [0.717, 1.165) is 18.1 Å². The first-order valence-corrected chi connectivity index (χ1v) is 7.13. The Balaban J connectivity index is 2.03. The molecule has 90 valence electrons. The van der Waals surface area contributed by atoms with Crippen LogP contribution in [-0.2, 0) is 0 Å². The van der Waals surface area contributed by atoms with Crippen LogP contribution in [0.1, 0.15) is 31.2 Å². The molecule has 1 N–H and O–H groups in total. The van der Waals surface area contributed by atoms with Gasteiger partial charge in [-0.3, -0.25) is 0 Å². The number of nitriles is 1. The molecule has 0 aromatic carbocycles. The standard InChI is InChI=1S/C12H16N4S/c1-17-11-4-2-3-10(7-11)15-12-9(8-13)5-6-14-16-12/h5-6,10-11H,2-4,7H2,1H3,(H,15,16). The van der Waals surface area contributed by atoms with Gasteiger partial charge in [0.15, 0.2) is 5.82 Å². The lowest BCUT2D eigenvalue weighted by atomic mass is 9.95. The third kappa shape index (κ3) is 3.10. The van der Waals surface area contributed by atoms with E-state index in [4.69, 9.17) is 5.26 Å². The molecule has 1 heterocycles. The van der Waals surface area contributed by atoms with Gasteiger partial charge < -0.3 is 5.32 Å². The van der Waals surface area contributed by atoms with E-state index < -0.39 is 0 Å². The maximum atomic E-state index is 8.98. The van der Waals surface area contributed by atoms with Gasteiger partial charge in [0.05, 0.1) is 11.8 Å². The first kappa shape index (κ1) is 12.2. The summed E-state index contributed by atoms with van der Waals surface area (Å²) in [5.41, 5.74) is 0.575. The Hall–Kier alpha value is -1.28. The van der Waals surface area contributed by atoms with E-state index in [1.807, 2.05) is 11.8 Å². The van der Waals surface area contributed by atoms with E-state index in [0.29, 0.717) is 17.4 Å². The Morgan fingerprint density at radius 3 is 3.18 bits per heavy atom. The lowest BCUT2D eigenvalue weighted by molar-refractivity contribution is 0.472. The summed E-state index contributed by atoms with van der Waals surface area (Å²) in [6, 6.07) is 4.26. The van der Waals surface area contributed by atoms with Crippen LogP contribution in [0.2, 0.25) is 0 Å². The normalized spacial score (nSPS) is 24.0. The minimum absolute atomic E-state index is 0.421. The highest BCUT2D eigenvalue weighted by atomic mass is 32.2. The van der Waals surface area contributed by atoms with Crippen molar-refractivity contribution in [3.63, 3.8) is 0 Å². The van der Waals surface area contributed by atoms with Gasteiger partial charge in [-0.05, 0) is 31.6 Å². The molecule has 0 spiro atoms. The van der Waals surface area contributed by atoms with Crippen LogP contribution < -0.4 is 5.32 Å². The van der Waals surface area contributed by atoms with E-state index in [1.165, 1.54) is 12.8 Å². The molecule has 1 aromatic rings. The number of hydrogen-bond acceptors (Lipinski definition) is 5. The fraction of sp³-hybridized carbons (Fsp3) is 0.583. The maximum absolute atomic E-state index is 8.98. The number of hydrogen-bond donors (Lipinski definition) is 1. The molecule has 0 bridgehead atoms. The number of nitrogens with one attached hydrogen (secondary N) is 1. The molecular weight excluding hydrogens is 232 g/mol. The molecule has 1 aliphatic carbocycles. The molecule has 17 heavy (non-hydrogen) atoms. The average Bonchev–Trinajstić information content (AvgIpc) is 2.39. The molecule has 1 saturated carbocycles. The molecular formula is C12H16N4S. The molecule has 4 nitrogen and oxygen atoms in total. The van der Waals surface area contributed by atoms with E-state index in [1.54, 1.807) is 12.3 Å². The van der Waals surface area contributed by atoms with Crippen molar-refractivity contribution in [1.29, 1.82) is 5.26 Å². The van der Waals surface area contributed by atoms with E-state index in [2.05, 4.69) is 27.8 Å². The van der Waals surface area contributed by atoms with Gasteiger partial charge in [0.25, 0.3) is 0 Å². The number of thioether (sulfide) groups is 1. The van der Waals surface area contributed by atoms with Gasteiger partial charge in [0.2, 0.25) is 0 Å². The van der Waals surface area contributed by atoms with Crippen molar-refractivity contribution in [2.24, 2.45) is 0 Å². The van der Waals surface area contributed by atoms with Gasteiger partial charge >= 0.3 is 0 Å². The molecule has 2 unspecified atom stereocenters. The van der Waals surface area contributed by atoms with Crippen molar-refractivity contribution < 1.29 is 0 Å². The zero-order valence-electron chi connectivity index (χ0n) is 9.89. The highest BCUT2D eigenvalue weighted by Crippen LogP contribution is 2.28. The zero-order valence-corrected chi connectivity index (χ0v) is 10.7. The summed E-state index contributed by atoms with van der Waals surface area (Å²) in [7, 11) is 0. The number of aromatic nitrogens is 2. The molecule has 0 amide bonds. The first-order valence-electron chi connectivity index (χ1n) is 5.84. The summed E-state index contributed by atoms with van der Waals surface area (Å²) in [6.07, 6.45) is 8.54. The van der Waals surface area contributed by atoms with Crippen molar-refractivity contribution >= 4 is 17.6 Å². The van der Waals surface area contributed by atoms with Crippen LogP contribution in [0.25, 0.3) is 0 Å². The van der Waals surface area contributed by atoms with Gasteiger partial charge in [-0.25, -0.2) is 0 Å². The maximum Gasteiger partial charge on any atom is 0.166 e. The van der Waals surface area contributed by atoms with E-state index in [-0.39, 0.29) is 0 Å². The van der Waals surface area contributed by atoms with Crippen LogP contribution in [0, 0.1) is 11.3 Å². The molecule has 2 atom stereocenters. The number of rotatable bonds is 3. The van der Waals surface area contributed by atoms with Gasteiger partial charge in [-0.2, -0.15) is 22.1 Å². The molecule has 2 rings (SSSR count). The summed E-state index contributed by atoms with van der Waals surface area (Å²) in [5, 5.41) is 20.9. The predicted octanol–water partition coefficient (Wildman–Crippen LogP) is 2.43. The van der Waals surface area contributed by atoms with Crippen molar-refractivity contribution in [3.8, 4) is 6.07 Å². The average molecular weight is 248 g/mol. The Labute approximate surface area is 106 Å². The van der Waals surface area contributed by atoms with Crippen molar-refractivity contribution in [1.82, 2.24) is 10.2 Å².